The predicted molar refractivity (Wildman–Crippen MR) is 51.1 cm³/mol. The average molecular weight is 191 g/mol. The van der Waals surface area contributed by atoms with E-state index >= 15 is 0 Å². The molecule has 0 saturated heterocycles. The Morgan fingerprint density at radius 1 is 1.57 bits per heavy atom. The molecule has 2 rings (SSSR count). The zero-order chi connectivity index (χ0) is 10.1. The van der Waals surface area contributed by atoms with E-state index in [2.05, 4.69) is 5.32 Å². The number of nitrogens with one attached hydrogen (secondary N) is 1. The van der Waals surface area contributed by atoms with Gasteiger partial charge in [0.05, 0.1) is 17.3 Å². The molecule has 0 amide bonds. The predicted octanol–water partition coefficient (Wildman–Crippen LogP) is 1.21. The van der Waals surface area contributed by atoms with Crippen molar-refractivity contribution in [2.75, 3.05) is 5.32 Å². The third-order valence-electron chi connectivity index (χ3n) is 2.28. The molecule has 3 nitrogen and oxygen atoms in total. The molecular weight excluding hydrogens is 181 g/mol. The van der Waals surface area contributed by atoms with Crippen LogP contribution in [0, 0.1) is 17.1 Å². The van der Waals surface area contributed by atoms with Crippen LogP contribution in [0.4, 0.5) is 10.1 Å². The van der Waals surface area contributed by atoms with E-state index in [-0.39, 0.29) is 12.1 Å². The van der Waals surface area contributed by atoms with Crippen LogP contribution in [0.2, 0.25) is 0 Å². The van der Waals surface area contributed by atoms with Crippen LogP contribution in [-0.2, 0) is 0 Å². The van der Waals surface area contributed by atoms with Crippen molar-refractivity contribution in [3.63, 3.8) is 0 Å². The van der Waals surface area contributed by atoms with E-state index in [0.29, 0.717) is 11.3 Å². The fourth-order valence-corrected chi connectivity index (χ4v) is 1.28. The highest BCUT2D eigenvalue weighted by atomic mass is 19.1. The van der Waals surface area contributed by atoms with Gasteiger partial charge in [-0.1, -0.05) is 0 Å². The molecule has 1 fully saturated rings. The minimum atomic E-state index is -0.400. The Balaban J connectivity index is 2.15. The van der Waals surface area contributed by atoms with Gasteiger partial charge in [-0.05, 0) is 24.6 Å². The van der Waals surface area contributed by atoms with Gasteiger partial charge in [0.15, 0.2) is 0 Å². The summed E-state index contributed by atoms with van der Waals surface area (Å²) in [6.07, 6.45) is 0.874. The van der Waals surface area contributed by atoms with Gasteiger partial charge in [-0.2, -0.15) is 5.26 Å². The molecule has 2 unspecified atom stereocenters. The van der Waals surface area contributed by atoms with E-state index in [1.165, 1.54) is 6.07 Å². The van der Waals surface area contributed by atoms with Gasteiger partial charge in [0, 0.05) is 12.1 Å². The number of hydrogen-bond donors (Lipinski definition) is 2. The van der Waals surface area contributed by atoms with Crippen LogP contribution in [0.5, 0.6) is 0 Å². The summed E-state index contributed by atoms with van der Waals surface area (Å²) in [5, 5.41) is 11.5. The maximum atomic E-state index is 13.3. The summed E-state index contributed by atoms with van der Waals surface area (Å²) >= 11 is 0. The zero-order valence-electron chi connectivity index (χ0n) is 7.50. The molecule has 72 valence electrons. The first kappa shape index (κ1) is 8.97. The van der Waals surface area contributed by atoms with Crippen LogP contribution >= 0.6 is 0 Å². The number of nitriles is 1. The lowest BCUT2D eigenvalue weighted by Gasteiger charge is -2.05. The normalized spacial score (nSPS) is 24.1. The lowest BCUT2D eigenvalue weighted by Crippen LogP contribution is -2.13. The highest BCUT2D eigenvalue weighted by Gasteiger charge is 2.33. The van der Waals surface area contributed by atoms with Crippen molar-refractivity contribution in [3.05, 3.63) is 29.6 Å². The van der Waals surface area contributed by atoms with Gasteiger partial charge in [-0.25, -0.2) is 4.39 Å². The van der Waals surface area contributed by atoms with Crippen molar-refractivity contribution in [1.82, 2.24) is 0 Å². The first-order valence-corrected chi connectivity index (χ1v) is 4.42. The molecule has 0 aromatic heterocycles. The summed E-state index contributed by atoms with van der Waals surface area (Å²) in [5.41, 5.74) is 6.33. The smallest absolute Gasteiger partial charge is 0.147 e. The summed E-state index contributed by atoms with van der Waals surface area (Å²) in [6, 6.07) is 6.56. The first-order chi connectivity index (χ1) is 6.70. The van der Waals surface area contributed by atoms with Gasteiger partial charge in [0.2, 0.25) is 0 Å². The topological polar surface area (TPSA) is 61.8 Å². The Morgan fingerprint density at radius 2 is 2.29 bits per heavy atom. The quantitative estimate of drug-likeness (QED) is 0.738. The molecule has 0 aliphatic heterocycles. The molecule has 0 bridgehead atoms. The summed E-state index contributed by atoms with van der Waals surface area (Å²) in [4.78, 5) is 0. The number of nitrogens with zero attached hydrogens (tertiary/aromatic N) is 1. The standard InChI is InChI=1S/C10H10FN3/c11-7-3-6(5-12)1-2-9(7)14-10-4-8(10)13/h1-3,8,10,14H,4,13H2. The maximum Gasteiger partial charge on any atom is 0.147 e. The second-order valence-corrected chi connectivity index (χ2v) is 3.46. The fourth-order valence-electron chi connectivity index (χ4n) is 1.28. The van der Waals surface area contributed by atoms with E-state index in [1.807, 2.05) is 6.07 Å². The summed E-state index contributed by atoms with van der Waals surface area (Å²) in [6.45, 7) is 0. The zero-order valence-corrected chi connectivity index (χ0v) is 7.50. The minimum Gasteiger partial charge on any atom is -0.378 e. The van der Waals surface area contributed by atoms with Crippen molar-refractivity contribution in [1.29, 1.82) is 5.26 Å². The van der Waals surface area contributed by atoms with Crippen LogP contribution in [0.25, 0.3) is 0 Å². The monoisotopic (exact) mass is 191 g/mol. The van der Waals surface area contributed by atoms with Crippen molar-refractivity contribution in [3.8, 4) is 6.07 Å². The second-order valence-electron chi connectivity index (χ2n) is 3.46. The van der Waals surface area contributed by atoms with Gasteiger partial charge >= 0.3 is 0 Å². The van der Waals surface area contributed by atoms with Crippen LogP contribution < -0.4 is 11.1 Å². The maximum absolute atomic E-state index is 13.3. The van der Waals surface area contributed by atoms with Crippen molar-refractivity contribution < 1.29 is 4.39 Å². The van der Waals surface area contributed by atoms with Gasteiger partial charge in [0.25, 0.3) is 0 Å². The Kier molecular flexibility index (Phi) is 2.10. The van der Waals surface area contributed by atoms with E-state index in [4.69, 9.17) is 11.0 Å². The van der Waals surface area contributed by atoms with E-state index in [1.54, 1.807) is 12.1 Å². The highest BCUT2D eigenvalue weighted by Crippen LogP contribution is 2.25. The molecule has 0 heterocycles. The molecule has 4 heteroatoms. The van der Waals surface area contributed by atoms with Crippen LogP contribution in [0.1, 0.15) is 12.0 Å². The Labute approximate surface area is 81.3 Å². The summed E-state index contributed by atoms with van der Waals surface area (Å²) < 4.78 is 13.3. The molecule has 3 N–H and O–H groups in total. The third-order valence-corrected chi connectivity index (χ3v) is 2.28. The number of hydrogen-bond acceptors (Lipinski definition) is 3. The van der Waals surface area contributed by atoms with Crippen molar-refractivity contribution in [2.45, 2.75) is 18.5 Å². The average Bonchev–Trinajstić information content (AvgIpc) is 2.85. The van der Waals surface area contributed by atoms with Gasteiger partial charge in [-0.15, -0.1) is 0 Å². The van der Waals surface area contributed by atoms with Crippen molar-refractivity contribution in [2.24, 2.45) is 5.73 Å². The second kappa shape index (κ2) is 3.28. The molecule has 2 atom stereocenters. The van der Waals surface area contributed by atoms with Gasteiger partial charge < -0.3 is 11.1 Å². The lowest BCUT2D eigenvalue weighted by molar-refractivity contribution is 0.629. The Hall–Kier alpha value is -1.60. The molecule has 0 radical (unpaired) electrons. The molecule has 1 aliphatic carbocycles. The van der Waals surface area contributed by atoms with Gasteiger partial charge in [-0.3, -0.25) is 0 Å². The molecule has 1 aromatic rings. The lowest BCUT2D eigenvalue weighted by atomic mass is 10.2. The SMILES string of the molecule is N#Cc1ccc(NC2CC2N)c(F)c1. The van der Waals surface area contributed by atoms with E-state index < -0.39 is 5.82 Å². The molecule has 1 aromatic carbocycles. The third kappa shape index (κ3) is 1.68. The van der Waals surface area contributed by atoms with Crippen LogP contribution in [0.15, 0.2) is 18.2 Å². The van der Waals surface area contributed by atoms with Crippen LogP contribution in [-0.4, -0.2) is 12.1 Å². The number of nitrogens with two attached hydrogens (primary N) is 1. The molecular formula is C10H10FN3. The molecule has 1 saturated carbocycles. The molecule has 14 heavy (non-hydrogen) atoms. The number of rotatable bonds is 2. The number of anilines is 1. The summed E-state index contributed by atoms with van der Waals surface area (Å²) in [7, 11) is 0. The van der Waals surface area contributed by atoms with E-state index in [9.17, 15) is 4.39 Å². The minimum absolute atomic E-state index is 0.130. The van der Waals surface area contributed by atoms with Gasteiger partial charge in [0.1, 0.15) is 5.82 Å². The fraction of sp³-hybridized carbons (Fsp3) is 0.300. The summed E-state index contributed by atoms with van der Waals surface area (Å²) in [5.74, 6) is -0.400. The number of benzene rings is 1. The molecule has 0 spiro atoms. The van der Waals surface area contributed by atoms with E-state index in [0.717, 1.165) is 6.42 Å². The largest absolute Gasteiger partial charge is 0.378 e. The number of halogens is 1. The van der Waals surface area contributed by atoms with Crippen molar-refractivity contribution >= 4 is 5.69 Å². The van der Waals surface area contributed by atoms with Crippen LogP contribution in [0.3, 0.4) is 0 Å². The Morgan fingerprint density at radius 3 is 2.79 bits per heavy atom. The molecule has 1 aliphatic rings. The highest BCUT2D eigenvalue weighted by molar-refractivity contribution is 5.50. The first-order valence-electron chi connectivity index (χ1n) is 4.42. The Bertz CT molecular complexity index is 397.